The maximum absolute atomic E-state index is 6.20. The van der Waals surface area contributed by atoms with Crippen LogP contribution in [0.3, 0.4) is 0 Å². The number of halogens is 2. The Morgan fingerprint density at radius 3 is 1.00 bits per heavy atom. The van der Waals surface area contributed by atoms with E-state index in [1.165, 1.54) is 103 Å². The summed E-state index contributed by atoms with van der Waals surface area (Å²) in [5, 5.41) is 0. The molecule has 0 aliphatic carbocycles. The fourth-order valence-electron chi connectivity index (χ4n) is 3.12. The van der Waals surface area contributed by atoms with Gasteiger partial charge in [-0.2, -0.15) is 0 Å². The summed E-state index contributed by atoms with van der Waals surface area (Å²) in [6, 6.07) is 0.846. The highest BCUT2D eigenvalue weighted by Crippen LogP contribution is 2.13. The highest BCUT2D eigenvalue weighted by atomic mass is 35.5. The number of hydrogen-bond donors (Lipinski definition) is 2. The molecule has 2 atom stereocenters. The van der Waals surface area contributed by atoms with Crippen LogP contribution in [0.15, 0.2) is 0 Å². The molecule has 0 aromatic heterocycles. The maximum Gasteiger partial charge on any atom is 0.00388 e. The predicted molar refractivity (Wildman–Crippen MR) is 116 cm³/mol. The molecule has 0 aliphatic rings. The van der Waals surface area contributed by atoms with Crippen LogP contribution in [0.1, 0.15) is 117 Å². The Morgan fingerprint density at radius 2 is 0.708 bits per heavy atom. The van der Waals surface area contributed by atoms with E-state index in [1.807, 2.05) is 0 Å². The molecular weight excluding hydrogens is 339 g/mol. The Kier molecular flexibility index (Phi) is 28.7. The van der Waals surface area contributed by atoms with Gasteiger partial charge in [0.2, 0.25) is 0 Å². The molecule has 0 aromatic rings. The molecule has 0 aliphatic heterocycles. The van der Waals surface area contributed by atoms with E-state index in [0.29, 0.717) is 12.1 Å². The van der Waals surface area contributed by atoms with Gasteiger partial charge in [0.25, 0.3) is 0 Å². The Labute approximate surface area is 165 Å². The maximum atomic E-state index is 6.20. The third-order valence-corrected chi connectivity index (χ3v) is 4.76. The molecular formula is C20H46Cl2N2. The lowest BCUT2D eigenvalue weighted by Gasteiger charge is -2.13. The molecule has 2 unspecified atom stereocenters. The normalized spacial score (nSPS) is 13.0. The Hall–Kier alpha value is 0.500. The molecule has 0 rings (SSSR count). The van der Waals surface area contributed by atoms with Crippen LogP contribution in [-0.2, 0) is 0 Å². The van der Waals surface area contributed by atoms with Gasteiger partial charge in [-0.3, -0.25) is 0 Å². The first-order valence-corrected chi connectivity index (χ1v) is 10.2. The molecule has 4 heteroatoms. The Balaban J connectivity index is -0.00000220. The molecule has 0 bridgehead atoms. The molecule has 0 saturated heterocycles. The van der Waals surface area contributed by atoms with Crippen molar-refractivity contribution in [2.24, 2.45) is 11.5 Å². The van der Waals surface area contributed by atoms with Crippen molar-refractivity contribution in [3.8, 4) is 0 Å². The van der Waals surface area contributed by atoms with E-state index in [2.05, 4.69) is 13.8 Å². The summed E-state index contributed by atoms with van der Waals surface area (Å²) in [6.45, 7) is 4.53. The van der Waals surface area contributed by atoms with E-state index in [0.717, 1.165) is 0 Å². The van der Waals surface area contributed by atoms with Crippen LogP contribution < -0.4 is 11.5 Å². The predicted octanol–water partition coefficient (Wildman–Crippen LogP) is 6.77. The third kappa shape index (κ3) is 22.5. The lowest BCUT2D eigenvalue weighted by molar-refractivity contribution is 0.460. The van der Waals surface area contributed by atoms with Gasteiger partial charge in [0.05, 0.1) is 0 Å². The van der Waals surface area contributed by atoms with Crippen LogP contribution in [0.4, 0.5) is 0 Å². The summed E-state index contributed by atoms with van der Waals surface area (Å²) >= 11 is 0. The van der Waals surface area contributed by atoms with Crippen molar-refractivity contribution < 1.29 is 0 Å². The second-order valence-electron chi connectivity index (χ2n) is 7.21. The van der Waals surface area contributed by atoms with Gasteiger partial charge in [0.15, 0.2) is 0 Å². The quantitative estimate of drug-likeness (QED) is 0.272. The van der Waals surface area contributed by atoms with E-state index in [9.17, 15) is 0 Å². The monoisotopic (exact) mass is 384 g/mol. The van der Waals surface area contributed by atoms with E-state index in [4.69, 9.17) is 11.5 Å². The standard InChI is InChI=1S/C20H44N2.2ClH/c1-3-5-7-9-11-15-19(21)17-13-14-18-20(22)16-12-10-8-6-4-2;;/h19-20H,3-18,21-22H2,1-2H3;2*1H. The zero-order valence-corrected chi connectivity index (χ0v) is 18.1. The molecule has 150 valence electrons. The van der Waals surface area contributed by atoms with E-state index >= 15 is 0 Å². The van der Waals surface area contributed by atoms with Crippen LogP contribution in [0.25, 0.3) is 0 Å². The number of nitrogens with two attached hydrogens (primary N) is 2. The van der Waals surface area contributed by atoms with Crippen molar-refractivity contribution in [3.05, 3.63) is 0 Å². The summed E-state index contributed by atoms with van der Waals surface area (Å²) in [5.74, 6) is 0. The minimum absolute atomic E-state index is 0. The fraction of sp³-hybridized carbons (Fsp3) is 1.00. The first-order chi connectivity index (χ1) is 10.7. The molecule has 0 heterocycles. The lowest BCUT2D eigenvalue weighted by Crippen LogP contribution is -2.21. The third-order valence-electron chi connectivity index (χ3n) is 4.76. The van der Waals surface area contributed by atoms with E-state index < -0.39 is 0 Å². The second kappa shape index (κ2) is 23.5. The Morgan fingerprint density at radius 1 is 0.458 bits per heavy atom. The van der Waals surface area contributed by atoms with Gasteiger partial charge in [0, 0.05) is 12.1 Å². The van der Waals surface area contributed by atoms with Crippen molar-refractivity contribution in [2.75, 3.05) is 0 Å². The van der Waals surface area contributed by atoms with Crippen molar-refractivity contribution in [3.63, 3.8) is 0 Å². The average Bonchev–Trinajstić information content (AvgIpc) is 2.51. The summed E-state index contributed by atoms with van der Waals surface area (Å²) < 4.78 is 0. The van der Waals surface area contributed by atoms with Gasteiger partial charge in [0.1, 0.15) is 0 Å². The minimum atomic E-state index is 0. The van der Waals surface area contributed by atoms with Crippen molar-refractivity contribution >= 4 is 24.8 Å². The molecule has 2 nitrogen and oxygen atoms in total. The SMILES string of the molecule is CCCCCCCC(N)CCCCC(N)CCCCCCC.Cl.Cl. The van der Waals surface area contributed by atoms with Crippen LogP contribution in [0.2, 0.25) is 0 Å². The summed E-state index contributed by atoms with van der Waals surface area (Å²) in [6.07, 6.45) is 20.9. The van der Waals surface area contributed by atoms with E-state index in [-0.39, 0.29) is 24.8 Å². The molecule has 0 fully saturated rings. The second-order valence-corrected chi connectivity index (χ2v) is 7.21. The molecule has 0 spiro atoms. The summed E-state index contributed by atoms with van der Waals surface area (Å²) in [5.41, 5.74) is 12.4. The van der Waals surface area contributed by atoms with Crippen LogP contribution in [0.5, 0.6) is 0 Å². The smallest absolute Gasteiger partial charge is 0.00388 e. The van der Waals surface area contributed by atoms with Gasteiger partial charge in [-0.25, -0.2) is 0 Å². The molecule has 0 radical (unpaired) electrons. The van der Waals surface area contributed by atoms with Crippen LogP contribution in [-0.4, -0.2) is 12.1 Å². The largest absolute Gasteiger partial charge is 0.328 e. The molecule has 0 saturated carbocycles. The van der Waals surface area contributed by atoms with Gasteiger partial charge >= 0.3 is 0 Å². The highest BCUT2D eigenvalue weighted by molar-refractivity contribution is 5.85. The van der Waals surface area contributed by atoms with Gasteiger partial charge < -0.3 is 11.5 Å². The summed E-state index contributed by atoms with van der Waals surface area (Å²) in [4.78, 5) is 0. The first kappa shape index (κ1) is 29.3. The van der Waals surface area contributed by atoms with Gasteiger partial charge in [-0.1, -0.05) is 90.9 Å². The average molecular weight is 386 g/mol. The zero-order valence-electron chi connectivity index (χ0n) is 16.4. The van der Waals surface area contributed by atoms with Gasteiger partial charge in [-0.15, -0.1) is 24.8 Å². The lowest BCUT2D eigenvalue weighted by atomic mass is 9.99. The molecule has 4 N–H and O–H groups in total. The topological polar surface area (TPSA) is 52.0 Å². The van der Waals surface area contributed by atoms with Crippen LogP contribution >= 0.6 is 24.8 Å². The fourth-order valence-corrected chi connectivity index (χ4v) is 3.12. The summed E-state index contributed by atoms with van der Waals surface area (Å²) in [7, 11) is 0. The molecule has 0 amide bonds. The van der Waals surface area contributed by atoms with Crippen molar-refractivity contribution in [1.82, 2.24) is 0 Å². The van der Waals surface area contributed by atoms with Crippen molar-refractivity contribution in [2.45, 2.75) is 129 Å². The number of hydrogen-bond acceptors (Lipinski definition) is 2. The van der Waals surface area contributed by atoms with Crippen molar-refractivity contribution in [1.29, 1.82) is 0 Å². The molecule has 24 heavy (non-hydrogen) atoms. The zero-order chi connectivity index (χ0) is 16.5. The Bertz CT molecular complexity index is 194. The number of unbranched alkanes of at least 4 members (excludes halogenated alkanes) is 9. The molecule has 0 aromatic carbocycles. The van der Waals surface area contributed by atoms with Gasteiger partial charge in [-0.05, 0) is 25.7 Å². The number of rotatable bonds is 17. The minimum Gasteiger partial charge on any atom is -0.328 e. The van der Waals surface area contributed by atoms with Crippen LogP contribution in [0, 0.1) is 0 Å². The van der Waals surface area contributed by atoms with E-state index in [1.54, 1.807) is 0 Å². The highest BCUT2D eigenvalue weighted by Gasteiger charge is 2.05. The first-order valence-electron chi connectivity index (χ1n) is 10.2.